The van der Waals surface area contributed by atoms with Gasteiger partial charge in [0, 0.05) is 25.4 Å². The van der Waals surface area contributed by atoms with Crippen LogP contribution in [0.25, 0.3) is 0 Å². The van der Waals surface area contributed by atoms with Gasteiger partial charge >= 0.3 is 0 Å². The highest BCUT2D eigenvalue weighted by atomic mass is 16.5. The summed E-state index contributed by atoms with van der Waals surface area (Å²) in [6, 6.07) is 9.67. The minimum atomic E-state index is 0.307. The Morgan fingerprint density at radius 1 is 1.21 bits per heavy atom. The fraction of sp³-hybridized carbons (Fsp3) is 0.565. The number of carbonyl (C=O) groups is 1. The average molecular weight is 398 g/mol. The van der Waals surface area contributed by atoms with Gasteiger partial charge in [0.1, 0.15) is 6.61 Å². The number of hydrogen-bond acceptors (Lipinski definition) is 4. The smallest absolute Gasteiger partial charge is 0.222 e. The summed E-state index contributed by atoms with van der Waals surface area (Å²) in [6.45, 7) is 2.03. The van der Waals surface area contributed by atoms with E-state index >= 15 is 0 Å². The van der Waals surface area contributed by atoms with Gasteiger partial charge in [-0.05, 0) is 37.0 Å². The third-order valence-electron chi connectivity index (χ3n) is 6.30. The fourth-order valence-corrected chi connectivity index (χ4v) is 4.57. The van der Waals surface area contributed by atoms with Gasteiger partial charge in [-0.15, -0.1) is 0 Å². The lowest BCUT2D eigenvalue weighted by Crippen LogP contribution is -2.28. The van der Waals surface area contributed by atoms with E-state index in [0.29, 0.717) is 30.6 Å². The Morgan fingerprint density at radius 3 is 2.79 bits per heavy atom. The molecule has 1 aromatic heterocycles. The van der Waals surface area contributed by atoms with E-state index in [0.717, 1.165) is 49.0 Å². The van der Waals surface area contributed by atoms with E-state index in [-0.39, 0.29) is 0 Å². The molecule has 6 heteroatoms. The second kappa shape index (κ2) is 9.33. The summed E-state index contributed by atoms with van der Waals surface area (Å²) in [7, 11) is 1.64. The zero-order chi connectivity index (χ0) is 20.1. The minimum Gasteiger partial charge on any atom is -0.493 e. The highest BCUT2D eigenvalue weighted by Gasteiger charge is 2.29. The Morgan fingerprint density at radius 2 is 2.00 bits per heavy atom. The van der Waals surface area contributed by atoms with E-state index in [1.54, 1.807) is 7.11 Å². The van der Waals surface area contributed by atoms with Crippen LogP contribution in [0.4, 0.5) is 0 Å². The maximum atomic E-state index is 12.6. The lowest BCUT2D eigenvalue weighted by atomic mass is 10.0. The number of benzene rings is 1. The number of likely N-dealkylation sites (tertiary alicyclic amines) is 1. The number of rotatable bonds is 8. The van der Waals surface area contributed by atoms with Gasteiger partial charge in [0.15, 0.2) is 11.5 Å². The highest BCUT2D eigenvalue weighted by molar-refractivity contribution is 5.76. The minimum absolute atomic E-state index is 0.307. The topological polar surface area (TPSA) is 67.5 Å². The number of ether oxygens (including phenoxy) is 2. The van der Waals surface area contributed by atoms with Crippen molar-refractivity contribution in [1.82, 2.24) is 15.1 Å². The second-order valence-electron chi connectivity index (χ2n) is 8.27. The molecule has 156 valence electrons. The van der Waals surface area contributed by atoms with E-state index in [9.17, 15) is 4.79 Å². The molecule has 1 amide bonds. The molecule has 2 heterocycles. The molecule has 1 atom stereocenters. The largest absolute Gasteiger partial charge is 0.493 e. The predicted molar refractivity (Wildman–Crippen MR) is 111 cm³/mol. The summed E-state index contributed by atoms with van der Waals surface area (Å²) in [5.74, 6) is 2.83. The first-order valence-electron chi connectivity index (χ1n) is 10.8. The van der Waals surface area contributed by atoms with Crippen molar-refractivity contribution >= 4 is 5.91 Å². The van der Waals surface area contributed by atoms with Crippen LogP contribution in [-0.4, -0.2) is 41.2 Å². The molecule has 1 aliphatic heterocycles. The van der Waals surface area contributed by atoms with E-state index in [1.165, 1.54) is 25.7 Å². The lowest BCUT2D eigenvalue weighted by Gasteiger charge is -2.17. The first-order valence-corrected chi connectivity index (χ1v) is 10.8. The van der Waals surface area contributed by atoms with Gasteiger partial charge in [0.25, 0.3) is 0 Å². The second-order valence-corrected chi connectivity index (χ2v) is 8.27. The molecule has 1 saturated carbocycles. The molecule has 2 aromatic rings. The number of aromatic amines is 1. The van der Waals surface area contributed by atoms with Crippen molar-refractivity contribution in [3.8, 4) is 11.5 Å². The van der Waals surface area contributed by atoms with Crippen LogP contribution >= 0.6 is 0 Å². The lowest BCUT2D eigenvalue weighted by molar-refractivity contribution is -0.130. The molecule has 1 unspecified atom stereocenters. The molecule has 1 N–H and O–H groups in total. The van der Waals surface area contributed by atoms with Gasteiger partial charge in [-0.2, -0.15) is 5.10 Å². The Labute approximate surface area is 172 Å². The van der Waals surface area contributed by atoms with Gasteiger partial charge in [-0.3, -0.25) is 9.89 Å². The number of hydrogen-bond donors (Lipinski definition) is 1. The zero-order valence-corrected chi connectivity index (χ0v) is 17.2. The number of aromatic nitrogens is 2. The van der Waals surface area contributed by atoms with E-state index in [1.807, 2.05) is 29.2 Å². The van der Waals surface area contributed by atoms with Gasteiger partial charge in [-0.25, -0.2) is 0 Å². The number of methoxy groups -OCH3 is 1. The standard InChI is InChI=1S/C23H31N3O3/c1-28-21-8-4-5-9-22(21)29-16-19-14-20(25-24-19)18-12-13-26(15-18)23(27)11-10-17-6-2-3-7-17/h4-5,8-9,14,17-18H,2-3,6-7,10-13,15-16H2,1H3,(H,24,25). The molecule has 0 bridgehead atoms. The third kappa shape index (κ3) is 4.92. The van der Waals surface area contributed by atoms with Crippen molar-refractivity contribution in [2.75, 3.05) is 20.2 Å². The number of amides is 1. The van der Waals surface area contributed by atoms with Crippen molar-refractivity contribution in [2.45, 2.75) is 57.5 Å². The van der Waals surface area contributed by atoms with Crippen LogP contribution in [0.15, 0.2) is 30.3 Å². The molecule has 6 nitrogen and oxygen atoms in total. The van der Waals surface area contributed by atoms with E-state index in [4.69, 9.17) is 9.47 Å². The summed E-state index contributed by atoms with van der Waals surface area (Å²) in [6.07, 6.45) is 8.04. The van der Waals surface area contributed by atoms with Gasteiger partial charge in [-0.1, -0.05) is 37.8 Å². The quantitative estimate of drug-likeness (QED) is 0.722. The van der Waals surface area contributed by atoms with Gasteiger partial charge in [0.05, 0.1) is 18.5 Å². The van der Waals surface area contributed by atoms with Crippen LogP contribution in [-0.2, 0) is 11.4 Å². The first kappa shape index (κ1) is 19.8. The Kier molecular flexibility index (Phi) is 6.37. The van der Waals surface area contributed by atoms with Crippen LogP contribution in [0.5, 0.6) is 11.5 Å². The molecule has 2 aliphatic rings. The summed E-state index contributed by atoms with van der Waals surface area (Å²) >= 11 is 0. The molecule has 0 radical (unpaired) electrons. The molecule has 1 aliphatic carbocycles. The van der Waals surface area contributed by atoms with Crippen LogP contribution in [0.1, 0.15) is 62.3 Å². The van der Waals surface area contributed by atoms with Gasteiger partial charge in [0.2, 0.25) is 5.91 Å². The highest BCUT2D eigenvalue weighted by Crippen LogP contribution is 2.31. The zero-order valence-electron chi connectivity index (χ0n) is 17.2. The Balaban J connectivity index is 1.26. The molecular weight excluding hydrogens is 366 g/mol. The van der Waals surface area contributed by atoms with Crippen LogP contribution < -0.4 is 9.47 Å². The Hall–Kier alpha value is -2.50. The molecule has 29 heavy (non-hydrogen) atoms. The third-order valence-corrected chi connectivity index (χ3v) is 6.30. The maximum Gasteiger partial charge on any atom is 0.222 e. The number of nitrogens with one attached hydrogen (secondary N) is 1. The van der Waals surface area contributed by atoms with E-state index in [2.05, 4.69) is 16.3 Å². The van der Waals surface area contributed by atoms with Crippen molar-refractivity contribution < 1.29 is 14.3 Å². The molecule has 1 saturated heterocycles. The summed E-state index contributed by atoms with van der Waals surface area (Å²) in [5, 5.41) is 7.56. The monoisotopic (exact) mass is 397 g/mol. The summed E-state index contributed by atoms with van der Waals surface area (Å²) in [5.41, 5.74) is 1.95. The molecule has 0 spiro atoms. The molecule has 2 fully saturated rings. The SMILES string of the molecule is COc1ccccc1OCc1cc(C2CCN(C(=O)CCC3CCCC3)C2)n[nH]1. The predicted octanol–water partition coefficient (Wildman–Crippen LogP) is 4.28. The van der Waals surface area contributed by atoms with Crippen LogP contribution in [0.2, 0.25) is 0 Å². The van der Waals surface area contributed by atoms with Gasteiger partial charge < -0.3 is 14.4 Å². The van der Waals surface area contributed by atoms with Crippen molar-refractivity contribution in [3.63, 3.8) is 0 Å². The van der Waals surface area contributed by atoms with Crippen molar-refractivity contribution in [3.05, 3.63) is 41.7 Å². The summed E-state index contributed by atoms with van der Waals surface area (Å²) in [4.78, 5) is 14.6. The average Bonchev–Trinajstić information content (AvgIpc) is 3.52. The normalized spacial score (nSPS) is 19.6. The number of carbonyl (C=O) groups excluding carboxylic acids is 1. The van der Waals surface area contributed by atoms with E-state index < -0.39 is 0 Å². The maximum absolute atomic E-state index is 12.6. The molecular formula is C23H31N3O3. The van der Waals surface area contributed by atoms with Crippen molar-refractivity contribution in [2.24, 2.45) is 5.92 Å². The summed E-state index contributed by atoms with van der Waals surface area (Å²) < 4.78 is 11.2. The number of H-pyrrole nitrogens is 1. The van der Waals surface area contributed by atoms with Crippen LogP contribution in [0, 0.1) is 5.92 Å². The number of para-hydroxylation sites is 2. The Bertz CT molecular complexity index is 813. The van der Waals surface area contributed by atoms with Crippen molar-refractivity contribution in [1.29, 1.82) is 0 Å². The fourth-order valence-electron chi connectivity index (χ4n) is 4.57. The van der Waals surface area contributed by atoms with Crippen LogP contribution in [0.3, 0.4) is 0 Å². The molecule has 1 aromatic carbocycles. The molecule has 4 rings (SSSR count). The first-order chi connectivity index (χ1) is 14.2. The number of nitrogens with zero attached hydrogens (tertiary/aromatic N) is 2.